The van der Waals surface area contributed by atoms with Crippen molar-refractivity contribution in [3.63, 3.8) is 0 Å². The number of hydrogen-bond donors (Lipinski definition) is 3. The van der Waals surface area contributed by atoms with Gasteiger partial charge < -0.3 is 19.8 Å². The van der Waals surface area contributed by atoms with Gasteiger partial charge in [-0.2, -0.15) is 0 Å². The molecule has 3 N–H and O–H groups in total. The molecule has 0 unspecified atom stereocenters. The second kappa shape index (κ2) is 6.23. The Bertz CT molecular complexity index is 1210. The summed E-state index contributed by atoms with van der Waals surface area (Å²) in [6, 6.07) is 9.31. The molecule has 7 nitrogen and oxygen atoms in total. The lowest BCUT2D eigenvalue weighted by Crippen LogP contribution is -2.31. The van der Waals surface area contributed by atoms with Crippen molar-refractivity contribution >= 4 is 30.0 Å². The van der Waals surface area contributed by atoms with Crippen molar-refractivity contribution in [2.24, 2.45) is 4.99 Å². The molecule has 0 saturated heterocycles. The first-order chi connectivity index (χ1) is 12.6. The van der Waals surface area contributed by atoms with E-state index in [-0.39, 0.29) is 23.0 Å². The molecule has 0 bridgehead atoms. The summed E-state index contributed by atoms with van der Waals surface area (Å²) in [4.78, 5) is 26.7. The Hall–Kier alpha value is -3.26. The summed E-state index contributed by atoms with van der Waals surface area (Å²) in [6.07, 6.45) is 1.60. The maximum atomic E-state index is 12.2. The van der Waals surface area contributed by atoms with Crippen molar-refractivity contribution in [1.82, 2.24) is 15.0 Å². The van der Waals surface area contributed by atoms with Crippen LogP contribution in [0.1, 0.15) is 23.1 Å². The van der Waals surface area contributed by atoms with E-state index in [4.69, 9.17) is 17.0 Å². The predicted molar refractivity (Wildman–Crippen MR) is 97.3 cm³/mol. The van der Waals surface area contributed by atoms with Crippen LogP contribution in [0.3, 0.4) is 0 Å². The second-order valence-corrected chi connectivity index (χ2v) is 6.03. The third kappa shape index (κ3) is 2.70. The Balaban J connectivity index is 2.02. The fraction of sp³-hybridized carbons (Fsp3) is 0.111. The van der Waals surface area contributed by atoms with E-state index in [1.807, 2.05) is 24.3 Å². The summed E-state index contributed by atoms with van der Waals surface area (Å²) in [7, 11) is 0. The van der Waals surface area contributed by atoms with Crippen LogP contribution in [0.15, 0.2) is 35.3 Å². The van der Waals surface area contributed by atoms with Gasteiger partial charge in [0.05, 0.1) is 23.0 Å². The topological polar surface area (TPSA) is 103 Å². The van der Waals surface area contributed by atoms with Crippen LogP contribution in [0, 0.1) is 4.77 Å². The highest BCUT2D eigenvalue weighted by Gasteiger charge is 2.19. The average molecular weight is 366 g/mol. The van der Waals surface area contributed by atoms with Crippen molar-refractivity contribution in [2.75, 3.05) is 6.61 Å². The molecule has 0 spiro atoms. The molecule has 1 aromatic carbocycles. The number of pyridine rings is 1. The highest BCUT2D eigenvalue weighted by molar-refractivity contribution is 7.71. The van der Waals surface area contributed by atoms with Crippen LogP contribution in [0.2, 0.25) is 0 Å². The number of H-pyrrole nitrogens is 2. The SMILES string of the molecule is CCOC(=O)c1cc2c(/c(=C/c3[nH]c(=S)[nH]c3O)n1)=Nc1ccccc1-2. The Morgan fingerprint density at radius 3 is 2.85 bits per heavy atom. The standard InChI is InChI=1S/C18H14N4O3S/c1-2-25-17(24)14-7-10-9-5-3-4-6-11(9)20-15(10)12(19-14)8-13-16(23)22-18(26)21-13/h3-8,23H,2H2,1H3,(H2,21,22,26)/b12-8-. The smallest absolute Gasteiger partial charge is 0.356 e. The summed E-state index contributed by atoms with van der Waals surface area (Å²) < 4.78 is 5.37. The summed E-state index contributed by atoms with van der Waals surface area (Å²) in [6.45, 7) is 1.99. The number of esters is 1. The van der Waals surface area contributed by atoms with E-state index in [1.54, 1.807) is 19.1 Å². The number of nitrogens with zero attached hydrogens (tertiary/aromatic N) is 2. The number of carbonyl (C=O) groups excluding carboxylic acids is 1. The number of hydrogen-bond acceptors (Lipinski definition) is 6. The van der Waals surface area contributed by atoms with E-state index in [0.29, 0.717) is 16.4 Å². The van der Waals surface area contributed by atoms with Crippen molar-refractivity contribution in [1.29, 1.82) is 0 Å². The molecule has 8 heteroatoms. The average Bonchev–Trinajstić information content (AvgIpc) is 3.15. The molecule has 0 amide bonds. The fourth-order valence-corrected chi connectivity index (χ4v) is 3.05. The molecule has 26 heavy (non-hydrogen) atoms. The zero-order chi connectivity index (χ0) is 18.3. The van der Waals surface area contributed by atoms with Gasteiger partial charge in [-0.25, -0.2) is 14.8 Å². The first-order valence-corrected chi connectivity index (χ1v) is 8.37. The van der Waals surface area contributed by atoms with E-state index in [1.165, 1.54) is 0 Å². The van der Waals surface area contributed by atoms with Crippen molar-refractivity contribution < 1.29 is 14.6 Å². The summed E-state index contributed by atoms with van der Waals surface area (Å²) in [5.74, 6) is -0.622. The maximum absolute atomic E-state index is 12.2. The van der Waals surface area contributed by atoms with Gasteiger partial charge in [0.2, 0.25) is 5.88 Å². The lowest BCUT2D eigenvalue weighted by atomic mass is 10.1. The largest absolute Gasteiger partial charge is 0.493 e. The number of aromatic amines is 2. The molecule has 3 aromatic rings. The minimum atomic E-state index is -0.513. The molecule has 4 rings (SSSR count). The number of rotatable bonds is 3. The van der Waals surface area contributed by atoms with Crippen LogP contribution in [0.5, 0.6) is 5.88 Å². The molecule has 2 aromatic heterocycles. The minimum Gasteiger partial charge on any atom is -0.493 e. The Morgan fingerprint density at radius 2 is 2.12 bits per heavy atom. The Kier molecular flexibility index (Phi) is 3.89. The quantitative estimate of drug-likeness (QED) is 0.381. The van der Waals surface area contributed by atoms with Gasteiger partial charge in [0.1, 0.15) is 11.4 Å². The third-order valence-corrected chi connectivity index (χ3v) is 4.15. The van der Waals surface area contributed by atoms with E-state index in [9.17, 15) is 9.90 Å². The van der Waals surface area contributed by atoms with Crippen LogP contribution in [-0.4, -0.2) is 32.6 Å². The number of aromatic nitrogens is 3. The van der Waals surface area contributed by atoms with E-state index in [2.05, 4.69) is 19.9 Å². The summed E-state index contributed by atoms with van der Waals surface area (Å²) in [5, 5.41) is 11.0. The molecule has 1 aliphatic rings. The molecular weight excluding hydrogens is 352 g/mol. The van der Waals surface area contributed by atoms with Crippen LogP contribution in [0.4, 0.5) is 5.69 Å². The van der Waals surface area contributed by atoms with E-state index in [0.717, 1.165) is 16.8 Å². The van der Waals surface area contributed by atoms with Gasteiger partial charge in [0.15, 0.2) is 4.77 Å². The maximum Gasteiger partial charge on any atom is 0.356 e. The predicted octanol–water partition coefficient (Wildman–Crippen LogP) is 2.11. The van der Waals surface area contributed by atoms with Crippen LogP contribution in [0.25, 0.3) is 17.2 Å². The highest BCUT2D eigenvalue weighted by Crippen LogP contribution is 2.31. The molecule has 0 aliphatic carbocycles. The summed E-state index contributed by atoms with van der Waals surface area (Å²) in [5.41, 5.74) is 3.04. The number of imidazole rings is 1. The van der Waals surface area contributed by atoms with Gasteiger partial charge in [-0.1, -0.05) is 18.2 Å². The zero-order valence-corrected chi connectivity index (χ0v) is 14.6. The van der Waals surface area contributed by atoms with Gasteiger partial charge in [-0.3, -0.25) is 0 Å². The highest BCUT2D eigenvalue weighted by atomic mass is 32.1. The van der Waals surface area contributed by atoms with Crippen molar-refractivity contribution in [2.45, 2.75) is 6.92 Å². The zero-order valence-electron chi connectivity index (χ0n) is 13.7. The van der Waals surface area contributed by atoms with Gasteiger partial charge in [0, 0.05) is 11.1 Å². The molecule has 0 atom stereocenters. The molecular formula is C18H14N4O3S. The van der Waals surface area contributed by atoms with E-state index >= 15 is 0 Å². The first-order valence-electron chi connectivity index (χ1n) is 7.96. The van der Waals surface area contributed by atoms with Gasteiger partial charge >= 0.3 is 5.97 Å². The van der Waals surface area contributed by atoms with E-state index < -0.39 is 5.97 Å². The number of fused-ring (bicyclic) bond motifs is 3. The molecule has 130 valence electrons. The fourth-order valence-electron chi connectivity index (χ4n) is 2.84. The van der Waals surface area contributed by atoms with Crippen LogP contribution < -0.4 is 10.7 Å². The Labute approximate surface area is 152 Å². The molecule has 0 radical (unpaired) electrons. The lowest BCUT2D eigenvalue weighted by Gasteiger charge is -2.04. The molecule has 0 fully saturated rings. The lowest BCUT2D eigenvalue weighted by molar-refractivity contribution is 0.0519. The number of benzene rings is 1. The normalized spacial score (nSPS) is 12.4. The van der Waals surface area contributed by atoms with Crippen molar-refractivity contribution in [3.8, 4) is 17.0 Å². The van der Waals surface area contributed by atoms with Gasteiger partial charge in [-0.15, -0.1) is 0 Å². The monoisotopic (exact) mass is 366 g/mol. The number of carbonyl (C=O) groups is 1. The number of aromatic hydroxyl groups is 1. The number of nitrogens with one attached hydrogen (secondary N) is 2. The number of para-hydroxylation sites is 1. The second-order valence-electron chi connectivity index (χ2n) is 5.62. The molecule has 0 saturated carbocycles. The van der Waals surface area contributed by atoms with Crippen molar-refractivity contribution in [3.05, 3.63) is 57.2 Å². The first kappa shape index (κ1) is 16.2. The third-order valence-electron chi connectivity index (χ3n) is 3.95. The van der Waals surface area contributed by atoms with Crippen LogP contribution >= 0.6 is 12.2 Å². The number of ether oxygens (including phenoxy) is 1. The van der Waals surface area contributed by atoms with Gasteiger partial charge in [0.25, 0.3) is 0 Å². The van der Waals surface area contributed by atoms with Crippen LogP contribution in [-0.2, 0) is 4.74 Å². The Morgan fingerprint density at radius 1 is 1.31 bits per heavy atom. The van der Waals surface area contributed by atoms with Gasteiger partial charge in [-0.05, 0) is 37.4 Å². The minimum absolute atomic E-state index is 0.109. The molecule has 1 aliphatic heterocycles. The summed E-state index contributed by atoms with van der Waals surface area (Å²) >= 11 is 4.99. The molecule has 3 heterocycles.